The van der Waals surface area contributed by atoms with E-state index < -0.39 is 17.7 Å². The monoisotopic (exact) mass is 396 g/mol. The van der Waals surface area contributed by atoms with Crippen LogP contribution in [-0.4, -0.2) is 29.1 Å². The van der Waals surface area contributed by atoms with E-state index in [1.165, 1.54) is 23.3 Å². The Balaban J connectivity index is 1.92. The first-order chi connectivity index (χ1) is 13.5. The minimum absolute atomic E-state index is 0.00126. The first-order valence-electron chi connectivity index (χ1n) is 8.43. The Morgan fingerprint density at radius 2 is 2.07 bits per heavy atom. The lowest BCUT2D eigenvalue weighted by atomic mass is 10.00. The molecule has 28 heavy (non-hydrogen) atoms. The summed E-state index contributed by atoms with van der Waals surface area (Å²) < 4.78 is 10.3. The highest BCUT2D eigenvalue weighted by Crippen LogP contribution is 2.43. The SMILES string of the molecule is COc1cccc(/C(O)=C2\C(=O)C(=O)N(c3cc(C)on3)C2c2cccs2)c1. The van der Waals surface area contributed by atoms with Crippen LogP contribution < -0.4 is 9.64 Å². The van der Waals surface area contributed by atoms with E-state index >= 15 is 0 Å². The molecule has 1 aliphatic heterocycles. The van der Waals surface area contributed by atoms with E-state index in [0.29, 0.717) is 17.1 Å². The molecule has 0 saturated carbocycles. The fourth-order valence-electron chi connectivity index (χ4n) is 3.18. The lowest BCUT2D eigenvalue weighted by Crippen LogP contribution is -2.29. The van der Waals surface area contributed by atoms with Crippen molar-refractivity contribution in [3.05, 3.63) is 69.6 Å². The number of carbonyl (C=O) groups excluding carboxylic acids is 2. The molecule has 1 aliphatic rings. The molecule has 1 saturated heterocycles. The van der Waals surface area contributed by atoms with Gasteiger partial charge in [0.2, 0.25) is 0 Å². The summed E-state index contributed by atoms with van der Waals surface area (Å²) in [5.41, 5.74) is 0.386. The van der Waals surface area contributed by atoms with Gasteiger partial charge >= 0.3 is 5.91 Å². The molecular weight excluding hydrogens is 380 g/mol. The number of aryl methyl sites for hydroxylation is 1. The summed E-state index contributed by atoms with van der Waals surface area (Å²) in [7, 11) is 1.51. The quantitative estimate of drug-likeness (QED) is 0.411. The highest BCUT2D eigenvalue weighted by Gasteiger charge is 2.48. The number of hydrogen-bond acceptors (Lipinski definition) is 7. The maximum Gasteiger partial charge on any atom is 0.301 e. The van der Waals surface area contributed by atoms with Gasteiger partial charge in [0, 0.05) is 16.5 Å². The summed E-state index contributed by atoms with van der Waals surface area (Å²) in [6.07, 6.45) is 0. The van der Waals surface area contributed by atoms with Crippen LogP contribution >= 0.6 is 11.3 Å². The normalized spacial score (nSPS) is 18.6. The molecule has 1 atom stereocenters. The highest BCUT2D eigenvalue weighted by atomic mass is 32.1. The van der Waals surface area contributed by atoms with Crippen molar-refractivity contribution in [3.8, 4) is 5.75 Å². The van der Waals surface area contributed by atoms with Crippen LogP contribution in [0.5, 0.6) is 5.75 Å². The molecule has 3 heterocycles. The predicted molar refractivity (Wildman–Crippen MR) is 103 cm³/mol. The van der Waals surface area contributed by atoms with Crippen LogP contribution in [0.25, 0.3) is 5.76 Å². The van der Waals surface area contributed by atoms with E-state index in [-0.39, 0.29) is 17.2 Å². The molecule has 1 fully saturated rings. The number of hydrogen-bond donors (Lipinski definition) is 1. The van der Waals surface area contributed by atoms with Gasteiger partial charge in [0.05, 0.1) is 12.7 Å². The Morgan fingerprint density at radius 3 is 2.71 bits per heavy atom. The van der Waals surface area contributed by atoms with Crippen LogP contribution in [0.1, 0.15) is 22.2 Å². The number of Topliss-reactive ketones (excluding diaryl/α,β-unsaturated/α-hetero) is 1. The number of rotatable bonds is 4. The molecule has 0 aliphatic carbocycles. The first kappa shape index (κ1) is 18.0. The molecular formula is C20H16N2O5S. The van der Waals surface area contributed by atoms with Crippen LogP contribution in [0.2, 0.25) is 0 Å². The minimum Gasteiger partial charge on any atom is -0.507 e. The summed E-state index contributed by atoms with van der Waals surface area (Å²) >= 11 is 1.38. The number of anilines is 1. The van der Waals surface area contributed by atoms with Crippen molar-refractivity contribution in [3.63, 3.8) is 0 Å². The summed E-state index contributed by atoms with van der Waals surface area (Å²) in [4.78, 5) is 27.7. The van der Waals surface area contributed by atoms with Gasteiger partial charge in [-0.25, -0.2) is 0 Å². The van der Waals surface area contributed by atoms with Gasteiger partial charge in [-0.05, 0) is 30.5 Å². The first-order valence-corrected chi connectivity index (χ1v) is 9.31. The van der Waals surface area contributed by atoms with E-state index in [2.05, 4.69) is 5.16 Å². The van der Waals surface area contributed by atoms with Gasteiger partial charge in [-0.2, -0.15) is 0 Å². The molecule has 3 aromatic rings. The molecule has 0 radical (unpaired) electrons. The van der Waals surface area contributed by atoms with E-state index in [9.17, 15) is 14.7 Å². The summed E-state index contributed by atoms with van der Waals surface area (Å²) in [5, 5.41) is 16.7. The van der Waals surface area contributed by atoms with Crippen molar-refractivity contribution in [1.29, 1.82) is 0 Å². The molecule has 1 aromatic carbocycles. The second kappa shape index (κ2) is 6.97. The van der Waals surface area contributed by atoms with Gasteiger partial charge < -0.3 is 14.4 Å². The van der Waals surface area contributed by atoms with Crippen LogP contribution in [-0.2, 0) is 9.59 Å². The third kappa shape index (κ3) is 2.87. The lowest BCUT2D eigenvalue weighted by molar-refractivity contribution is -0.132. The van der Waals surface area contributed by atoms with Gasteiger partial charge in [-0.1, -0.05) is 23.4 Å². The average molecular weight is 396 g/mol. The number of aliphatic hydroxyl groups excluding tert-OH is 1. The van der Waals surface area contributed by atoms with Crippen LogP contribution in [0.15, 0.2) is 57.9 Å². The number of amides is 1. The number of ketones is 1. The second-order valence-electron chi connectivity index (χ2n) is 6.21. The van der Waals surface area contributed by atoms with E-state index in [1.54, 1.807) is 43.3 Å². The molecule has 1 N–H and O–H groups in total. The third-order valence-corrected chi connectivity index (χ3v) is 5.39. The van der Waals surface area contributed by atoms with Crippen molar-refractivity contribution in [2.75, 3.05) is 12.0 Å². The van der Waals surface area contributed by atoms with Crippen molar-refractivity contribution in [2.24, 2.45) is 0 Å². The smallest absolute Gasteiger partial charge is 0.301 e. The topological polar surface area (TPSA) is 92.9 Å². The molecule has 0 spiro atoms. The molecule has 2 aromatic heterocycles. The zero-order valence-corrected chi connectivity index (χ0v) is 15.9. The molecule has 1 unspecified atom stereocenters. The van der Waals surface area contributed by atoms with E-state index in [0.717, 1.165) is 4.88 Å². The zero-order chi connectivity index (χ0) is 19.8. The highest BCUT2D eigenvalue weighted by molar-refractivity contribution is 7.10. The fraction of sp³-hybridized carbons (Fsp3) is 0.150. The number of carbonyl (C=O) groups is 2. The van der Waals surface area contributed by atoms with Crippen LogP contribution in [0.3, 0.4) is 0 Å². The zero-order valence-electron chi connectivity index (χ0n) is 15.1. The Hall–Kier alpha value is -3.39. The number of aromatic nitrogens is 1. The van der Waals surface area contributed by atoms with E-state index in [4.69, 9.17) is 9.26 Å². The van der Waals surface area contributed by atoms with Crippen LogP contribution in [0, 0.1) is 6.92 Å². The maximum absolute atomic E-state index is 12.9. The standard InChI is InChI=1S/C20H16N2O5S/c1-11-9-15(21-27-11)22-17(14-7-4-8-28-14)16(19(24)20(22)25)18(23)12-5-3-6-13(10-12)26-2/h3-10,17,23H,1-2H3/b18-16+. The van der Waals surface area contributed by atoms with Crippen molar-refractivity contribution < 1.29 is 24.0 Å². The molecule has 1 amide bonds. The van der Waals surface area contributed by atoms with E-state index in [1.807, 2.05) is 11.4 Å². The minimum atomic E-state index is -0.796. The average Bonchev–Trinajstić information content (AvgIpc) is 3.42. The van der Waals surface area contributed by atoms with Gasteiger partial charge in [0.1, 0.15) is 23.3 Å². The van der Waals surface area contributed by atoms with Gasteiger partial charge in [-0.15, -0.1) is 11.3 Å². The molecule has 8 heteroatoms. The maximum atomic E-state index is 12.9. The number of ether oxygens (including phenoxy) is 1. The Labute approximate surface area is 164 Å². The lowest BCUT2D eigenvalue weighted by Gasteiger charge is -2.21. The van der Waals surface area contributed by atoms with Crippen molar-refractivity contribution in [2.45, 2.75) is 13.0 Å². The van der Waals surface area contributed by atoms with Crippen molar-refractivity contribution >= 4 is 34.6 Å². The fourth-order valence-corrected chi connectivity index (χ4v) is 4.00. The summed E-state index contributed by atoms with van der Waals surface area (Å²) in [6.45, 7) is 1.70. The summed E-state index contributed by atoms with van der Waals surface area (Å²) in [5.74, 6) is -0.552. The largest absolute Gasteiger partial charge is 0.507 e. The van der Waals surface area contributed by atoms with Crippen LogP contribution in [0.4, 0.5) is 5.82 Å². The molecule has 142 valence electrons. The van der Waals surface area contributed by atoms with Crippen molar-refractivity contribution in [1.82, 2.24) is 5.16 Å². The predicted octanol–water partition coefficient (Wildman–Crippen LogP) is 3.68. The summed E-state index contributed by atoms with van der Waals surface area (Å²) in [6, 6.07) is 11.1. The Morgan fingerprint density at radius 1 is 1.25 bits per heavy atom. The Kier molecular flexibility index (Phi) is 4.48. The number of thiophene rings is 1. The number of benzene rings is 1. The third-order valence-electron chi connectivity index (χ3n) is 4.46. The van der Waals surface area contributed by atoms with Gasteiger partial charge in [-0.3, -0.25) is 14.5 Å². The second-order valence-corrected chi connectivity index (χ2v) is 7.19. The molecule has 0 bridgehead atoms. The van der Waals surface area contributed by atoms with Gasteiger partial charge in [0.25, 0.3) is 5.78 Å². The number of methoxy groups -OCH3 is 1. The molecule has 4 rings (SSSR count). The number of aliphatic hydroxyl groups is 1. The number of nitrogens with zero attached hydrogens (tertiary/aromatic N) is 2. The van der Waals surface area contributed by atoms with Gasteiger partial charge in [0.15, 0.2) is 5.82 Å². The molecule has 7 nitrogen and oxygen atoms in total. The Bertz CT molecular complexity index is 1080.